The lowest BCUT2D eigenvalue weighted by Gasteiger charge is -2.33. The van der Waals surface area contributed by atoms with Gasteiger partial charge in [-0.05, 0) is 32.1 Å². The molecule has 1 aliphatic carbocycles. The molecule has 1 saturated heterocycles. The zero-order valence-corrected chi connectivity index (χ0v) is 17.7. The number of carbonyl (C=O) groups is 1. The van der Waals surface area contributed by atoms with Gasteiger partial charge in [0.25, 0.3) is 0 Å². The monoisotopic (exact) mass is 418 g/mol. The van der Waals surface area contributed by atoms with E-state index < -0.39 is 0 Å². The van der Waals surface area contributed by atoms with Crippen LogP contribution in [-0.4, -0.2) is 39.2 Å². The average molecular weight is 419 g/mol. The van der Waals surface area contributed by atoms with Gasteiger partial charge in [0.05, 0.1) is 6.54 Å². The first-order chi connectivity index (χ1) is 15.2. The summed E-state index contributed by atoms with van der Waals surface area (Å²) in [5.41, 5.74) is 3.51. The summed E-state index contributed by atoms with van der Waals surface area (Å²) in [4.78, 5) is 24.8. The van der Waals surface area contributed by atoms with E-state index in [1.807, 2.05) is 18.2 Å². The predicted molar refractivity (Wildman–Crippen MR) is 115 cm³/mol. The standard InChI is InChI=1S/C23H26N6O2/c1-15-27-28-20(31-15)14-24-23(30)17-10-12-29(13-11-17)22-18-8-5-9-19(18)25-21(26-22)16-6-3-2-4-7-16/h2-4,6-7,17H,5,8-14H2,1H3,(H,24,30). The second-order valence-electron chi connectivity index (χ2n) is 8.21. The Morgan fingerprint density at radius 2 is 1.94 bits per heavy atom. The Morgan fingerprint density at radius 1 is 1.13 bits per heavy atom. The second-order valence-corrected chi connectivity index (χ2v) is 8.21. The molecule has 8 nitrogen and oxygen atoms in total. The van der Waals surface area contributed by atoms with Crippen LogP contribution in [0.1, 0.15) is 42.3 Å². The Balaban J connectivity index is 1.27. The largest absolute Gasteiger partial charge is 0.424 e. The van der Waals surface area contributed by atoms with Crippen molar-refractivity contribution in [1.29, 1.82) is 0 Å². The first kappa shape index (κ1) is 19.7. The molecule has 160 valence electrons. The number of benzene rings is 1. The van der Waals surface area contributed by atoms with E-state index >= 15 is 0 Å². The lowest BCUT2D eigenvalue weighted by molar-refractivity contribution is -0.125. The average Bonchev–Trinajstić information content (AvgIpc) is 3.46. The lowest BCUT2D eigenvalue weighted by atomic mass is 9.95. The third-order valence-electron chi connectivity index (χ3n) is 6.09. The first-order valence-corrected chi connectivity index (χ1v) is 10.9. The van der Waals surface area contributed by atoms with Crippen LogP contribution in [0.15, 0.2) is 34.7 Å². The molecule has 5 rings (SSSR count). The topological polar surface area (TPSA) is 97.0 Å². The highest BCUT2D eigenvalue weighted by Gasteiger charge is 2.29. The normalized spacial score (nSPS) is 16.4. The van der Waals surface area contributed by atoms with Crippen molar-refractivity contribution in [2.24, 2.45) is 5.92 Å². The van der Waals surface area contributed by atoms with E-state index in [1.165, 1.54) is 11.3 Å². The highest BCUT2D eigenvalue weighted by atomic mass is 16.4. The highest BCUT2D eigenvalue weighted by Crippen LogP contribution is 2.33. The zero-order valence-electron chi connectivity index (χ0n) is 17.7. The summed E-state index contributed by atoms with van der Waals surface area (Å²) in [7, 11) is 0. The molecule has 0 saturated carbocycles. The second kappa shape index (κ2) is 8.45. The SMILES string of the molecule is Cc1nnc(CNC(=O)C2CCN(c3nc(-c4ccccc4)nc4c3CCC4)CC2)o1. The fraction of sp³-hybridized carbons (Fsp3) is 0.435. The summed E-state index contributed by atoms with van der Waals surface area (Å²) in [6.45, 7) is 3.64. The molecule has 1 fully saturated rings. The predicted octanol–water partition coefficient (Wildman–Crippen LogP) is 2.86. The maximum absolute atomic E-state index is 12.6. The van der Waals surface area contributed by atoms with Crippen molar-refractivity contribution < 1.29 is 9.21 Å². The van der Waals surface area contributed by atoms with Crippen LogP contribution >= 0.6 is 0 Å². The summed E-state index contributed by atoms with van der Waals surface area (Å²) in [5, 5.41) is 10.6. The number of aryl methyl sites for hydroxylation is 2. The van der Waals surface area contributed by atoms with Crippen molar-refractivity contribution in [3.63, 3.8) is 0 Å². The molecule has 0 bridgehead atoms. The van der Waals surface area contributed by atoms with Gasteiger partial charge < -0.3 is 14.6 Å². The van der Waals surface area contributed by atoms with Gasteiger partial charge in [-0.25, -0.2) is 9.97 Å². The Hall–Kier alpha value is -3.29. The van der Waals surface area contributed by atoms with Gasteiger partial charge in [0.1, 0.15) is 5.82 Å². The van der Waals surface area contributed by atoms with E-state index in [-0.39, 0.29) is 18.4 Å². The number of anilines is 1. The van der Waals surface area contributed by atoms with E-state index in [0.717, 1.165) is 62.4 Å². The lowest BCUT2D eigenvalue weighted by Crippen LogP contribution is -2.41. The van der Waals surface area contributed by atoms with Crippen LogP contribution in [0.2, 0.25) is 0 Å². The van der Waals surface area contributed by atoms with E-state index in [4.69, 9.17) is 14.4 Å². The molecule has 0 spiro atoms. The quantitative estimate of drug-likeness (QED) is 0.680. The number of carbonyl (C=O) groups excluding carboxylic acids is 1. The van der Waals surface area contributed by atoms with Crippen LogP contribution in [0.4, 0.5) is 5.82 Å². The number of piperidine rings is 1. The van der Waals surface area contributed by atoms with Crippen molar-refractivity contribution in [3.05, 3.63) is 53.4 Å². The van der Waals surface area contributed by atoms with Crippen LogP contribution in [0.25, 0.3) is 11.4 Å². The van der Waals surface area contributed by atoms with Gasteiger partial charge in [-0.15, -0.1) is 10.2 Å². The van der Waals surface area contributed by atoms with Gasteiger partial charge in [-0.3, -0.25) is 4.79 Å². The molecule has 3 aromatic rings. The molecule has 8 heteroatoms. The van der Waals surface area contributed by atoms with Gasteiger partial charge in [-0.2, -0.15) is 0 Å². The number of nitrogens with zero attached hydrogens (tertiary/aromatic N) is 5. The third-order valence-corrected chi connectivity index (χ3v) is 6.09. The number of nitrogens with one attached hydrogen (secondary N) is 1. The van der Waals surface area contributed by atoms with Crippen LogP contribution in [0.5, 0.6) is 0 Å². The van der Waals surface area contributed by atoms with E-state index in [0.29, 0.717) is 11.8 Å². The maximum Gasteiger partial charge on any atom is 0.235 e. The molecule has 1 amide bonds. The van der Waals surface area contributed by atoms with Crippen LogP contribution in [0.3, 0.4) is 0 Å². The number of hydrogen-bond donors (Lipinski definition) is 1. The maximum atomic E-state index is 12.6. The molecular formula is C23H26N6O2. The van der Waals surface area contributed by atoms with Crippen molar-refractivity contribution in [1.82, 2.24) is 25.5 Å². The summed E-state index contributed by atoms with van der Waals surface area (Å²) < 4.78 is 5.33. The van der Waals surface area contributed by atoms with Gasteiger partial charge in [0.2, 0.25) is 17.7 Å². The Labute approximate surface area is 181 Å². The molecule has 0 unspecified atom stereocenters. The van der Waals surface area contributed by atoms with Crippen molar-refractivity contribution in [3.8, 4) is 11.4 Å². The molecule has 31 heavy (non-hydrogen) atoms. The van der Waals surface area contributed by atoms with Crippen molar-refractivity contribution in [2.75, 3.05) is 18.0 Å². The van der Waals surface area contributed by atoms with E-state index in [9.17, 15) is 4.79 Å². The molecule has 1 N–H and O–H groups in total. The van der Waals surface area contributed by atoms with Crippen LogP contribution in [-0.2, 0) is 24.2 Å². The Morgan fingerprint density at radius 3 is 2.68 bits per heavy atom. The molecule has 0 atom stereocenters. The summed E-state index contributed by atoms with van der Waals surface area (Å²) in [5.74, 6) is 2.84. The van der Waals surface area contributed by atoms with Crippen molar-refractivity contribution >= 4 is 11.7 Å². The van der Waals surface area contributed by atoms with Gasteiger partial charge in [0, 0.05) is 42.8 Å². The van der Waals surface area contributed by atoms with E-state index in [1.54, 1.807) is 6.92 Å². The van der Waals surface area contributed by atoms with Gasteiger partial charge in [-0.1, -0.05) is 30.3 Å². The van der Waals surface area contributed by atoms with Crippen molar-refractivity contribution in [2.45, 2.75) is 45.6 Å². The zero-order chi connectivity index (χ0) is 21.2. The minimum Gasteiger partial charge on any atom is -0.424 e. The molecule has 3 heterocycles. The Bertz CT molecular complexity index is 1070. The summed E-state index contributed by atoms with van der Waals surface area (Å²) in [6.07, 6.45) is 4.77. The molecule has 2 aliphatic rings. The number of fused-ring (bicyclic) bond motifs is 1. The first-order valence-electron chi connectivity index (χ1n) is 10.9. The highest BCUT2D eigenvalue weighted by molar-refractivity contribution is 5.79. The van der Waals surface area contributed by atoms with Crippen LogP contribution < -0.4 is 10.2 Å². The molecular weight excluding hydrogens is 392 g/mol. The Kier molecular flexibility index (Phi) is 5.36. The third kappa shape index (κ3) is 4.15. The van der Waals surface area contributed by atoms with E-state index in [2.05, 4.69) is 32.5 Å². The van der Waals surface area contributed by atoms with Crippen LogP contribution in [0, 0.1) is 12.8 Å². The fourth-order valence-electron chi connectivity index (χ4n) is 4.46. The number of rotatable bonds is 5. The number of hydrogen-bond acceptors (Lipinski definition) is 7. The summed E-state index contributed by atoms with van der Waals surface area (Å²) >= 11 is 0. The fourth-order valence-corrected chi connectivity index (χ4v) is 4.46. The van der Waals surface area contributed by atoms with Gasteiger partial charge >= 0.3 is 0 Å². The number of aromatic nitrogens is 4. The minimum atomic E-state index is -0.0104. The minimum absolute atomic E-state index is 0.0104. The summed E-state index contributed by atoms with van der Waals surface area (Å²) in [6, 6.07) is 10.2. The van der Waals surface area contributed by atoms with Gasteiger partial charge in [0.15, 0.2) is 5.82 Å². The molecule has 1 aliphatic heterocycles. The number of amides is 1. The molecule has 1 aromatic carbocycles. The molecule has 0 radical (unpaired) electrons. The molecule has 2 aromatic heterocycles. The smallest absolute Gasteiger partial charge is 0.235 e.